The van der Waals surface area contributed by atoms with Crippen LogP contribution in [0.1, 0.15) is 5.56 Å². The van der Waals surface area contributed by atoms with Crippen LogP contribution < -0.4 is 4.74 Å². The molecule has 0 radical (unpaired) electrons. The van der Waals surface area contributed by atoms with Gasteiger partial charge in [-0.15, -0.1) is 10.2 Å². The second-order valence-electron chi connectivity index (χ2n) is 6.94. The van der Waals surface area contributed by atoms with Gasteiger partial charge in [-0.1, -0.05) is 77.4 Å². The molecule has 0 saturated carbocycles. The first-order valence-electron chi connectivity index (χ1n) is 10.0. The van der Waals surface area contributed by atoms with Gasteiger partial charge in [0.25, 0.3) is 0 Å². The molecule has 0 aliphatic carbocycles. The van der Waals surface area contributed by atoms with Crippen LogP contribution in [0.5, 0.6) is 5.75 Å². The predicted molar refractivity (Wildman–Crippen MR) is 128 cm³/mol. The molecule has 4 nitrogen and oxygen atoms in total. The molecule has 0 fully saturated rings. The quantitative estimate of drug-likeness (QED) is 0.192. The molecule has 1 aromatic heterocycles. The SMILES string of the molecule is Fc1ccccc1-c1nnc(SCCOc2ccc(Cl)cc2Cl)n1CCc1ccccc1. The molecule has 0 amide bonds. The number of thioether (sulfide) groups is 1. The largest absolute Gasteiger partial charge is 0.491 e. The van der Waals surface area contributed by atoms with Crippen molar-refractivity contribution in [2.24, 2.45) is 0 Å². The zero-order valence-electron chi connectivity index (χ0n) is 17.0. The summed E-state index contributed by atoms with van der Waals surface area (Å²) in [6.45, 7) is 1.06. The van der Waals surface area contributed by atoms with Gasteiger partial charge in [0, 0.05) is 17.3 Å². The fourth-order valence-electron chi connectivity index (χ4n) is 3.20. The summed E-state index contributed by atoms with van der Waals surface area (Å²) in [6, 6.07) is 21.9. The number of halogens is 3. The Labute approximate surface area is 200 Å². The fraction of sp³-hybridized carbons (Fsp3) is 0.167. The molecule has 0 aliphatic heterocycles. The van der Waals surface area contributed by atoms with Gasteiger partial charge in [0.2, 0.25) is 0 Å². The molecule has 0 aliphatic rings. The number of aryl methyl sites for hydroxylation is 1. The number of ether oxygens (including phenoxy) is 1. The van der Waals surface area contributed by atoms with E-state index in [9.17, 15) is 4.39 Å². The maximum absolute atomic E-state index is 14.5. The zero-order chi connectivity index (χ0) is 22.3. The van der Waals surface area contributed by atoms with Crippen molar-refractivity contribution < 1.29 is 9.13 Å². The highest BCUT2D eigenvalue weighted by Crippen LogP contribution is 2.29. The highest BCUT2D eigenvalue weighted by molar-refractivity contribution is 7.99. The average Bonchev–Trinajstić information content (AvgIpc) is 3.20. The molecule has 0 N–H and O–H groups in total. The summed E-state index contributed by atoms with van der Waals surface area (Å²) in [5.41, 5.74) is 1.63. The van der Waals surface area contributed by atoms with E-state index in [2.05, 4.69) is 22.3 Å². The predicted octanol–water partition coefficient (Wildman–Crippen LogP) is 6.80. The molecule has 32 heavy (non-hydrogen) atoms. The minimum atomic E-state index is -0.321. The highest BCUT2D eigenvalue weighted by Gasteiger charge is 2.17. The molecule has 0 saturated heterocycles. The Morgan fingerprint density at radius 1 is 0.938 bits per heavy atom. The van der Waals surface area contributed by atoms with E-state index >= 15 is 0 Å². The molecule has 1 heterocycles. The van der Waals surface area contributed by atoms with E-state index in [0.29, 0.717) is 51.2 Å². The Balaban J connectivity index is 1.48. The van der Waals surface area contributed by atoms with Crippen molar-refractivity contribution in [1.82, 2.24) is 14.8 Å². The van der Waals surface area contributed by atoms with Gasteiger partial charge in [0.05, 0.1) is 17.2 Å². The Bertz CT molecular complexity index is 1190. The minimum Gasteiger partial charge on any atom is -0.491 e. The number of nitrogens with zero attached hydrogens (tertiary/aromatic N) is 3. The first-order valence-corrected chi connectivity index (χ1v) is 11.8. The van der Waals surface area contributed by atoms with Gasteiger partial charge in [-0.3, -0.25) is 0 Å². The molecule has 0 bridgehead atoms. The van der Waals surface area contributed by atoms with Crippen LogP contribution in [0.3, 0.4) is 0 Å². The maximum Gasteiger partial charge on any atom is 0.191 e. The van der Waals surface area contributed by atoms with E-state index in [4.69, 9.17) is 27.9 Å². The third-order valence-electron chi connectivity index (χ3n) is 4.76. The molecular weight excluding hydrogens is 468 g/mol. The number of rotatable bonds is 9. The number of hydrogen-bond donors (Lipinski definition) is 0. The van der Waals surface area contributed by atoms with Crippen LogP contribution in [0.4, 0.5) is 4.39 Å². The summed E-state index contributed by atoms with van der Waals surface area (Å²) >= 11 is 13.6. The second-order valence-corrected chi connectivity index (χ2v) is 8.85. The summed E-state index contributed by atoms with van der Waals surface area (Å²) < 4.78 is 22.2. The average molecular weight is 488 g/mol. The standard InChI is InChI=1S/C24H20Cl2FN3OS/c25-18-10-11-22(20(26)16-18)31-14-15-32-24-29-28-23(19-8-4-5-9-21(19)27)30(24)13-12-17-6-2-1-3-7-17/h1-11,16H,12-15H2. The molecule has 4 rings (SSSR count). The summed E-state index contributed by atoms with van der Waals surface area (Å²) in [6.07, 6.45) is 0.783. The fourth-order valence-corrected chi connectivity index (χ4v) is 4.45. The third kappa shape index (κ3) is 5.63. The molecular formula is C24H20Cl2FN3OS. The van der Waals surface area contributed by atoms with Crippen molar-refractivity contribution in [3.63, 3.8) is 0 Å². The van der Waals surface area contributed by atoms with Crippen LogP contribution in [0.2, 0.25) is 10.0 Å². The Morgan fingerprint density at radius 2 is 1.72 bits per heavy atom. The molecule has 0 atom stereocenters. The van der Waals surface area contributed by atoms with Crippen molar-refractivity contribution in [1.29, 1.82) is 0 Å². The lowest BCUT2D eigenvalue weighted by atomic mass is 10.1. The van der Waals surface area contributed by atoms with E-state index in [1.54, 1.807) is 36.4 Å². The van der Waals surface area contributed by atoms with Crippen LogP contribution in [0, 0.1) is 5.82 Å². The van der Waals surface area contributed by atoms with Crippen molar-refractivity contribution in [3.8, 4) is 17.1 Å². The minimum absolute atomic E-state index is 0.321. The van der Waals surface area contributed by atoms with Crippen LogP contribution in [-0.4, -0.2) is 27.1 Å². The van der Waals surface area contributed by atoms with Gasteiger partial charge in [-0.05, 0) is 42.3 Å². The summed E-state index contributed by atoms with van der Waals surface area (Å²) in [4.78, 5) is 0. The normalized spacial score (nSPS) is 11.0. The van der Waals surface area contributed by atoms with E-state index in [1.165, 1.54) is 23.4 Å². The number of hydrogen-bond acceptors (Lipinski definition) is 4. The van der Waals surface area contributed by atoms with E-state index in [-0.39, 0.29) is 5.82 Å². The van der Waals surface area contributed by atoms with E-state index in [0.717, 1.165) is 6.42 Å². The lowest BCUT2D eigenvalue weighted by molar-refractivity contribution is 0.344. The topological polar surface area (TPSA) is 39.9 Å². The molecule has 164 valence electrons. The van der Waals surface area contributed by atoms with Gasteiger partial charge in [-0.25, -0.2) is 4.39 Å². The lowest BCUT2D eigenvalue weighted by Crippen LogP contribution is -2.07. The van der Waals surface area contributed by atoms with Gasteiger partial charge < -0.3 is 9.30 Å². The molecule has 4 aromatic rings. The van der Waals surface area contributed by atoms with Crippen molar-refractivity contribution in [2.45, 2.75) is 18.1 Å². The third-order valence-corrected chi connectivity index (χ3v) is 6.23. The smallest absolute Gasteiger partial charge is 0.191 e. The van der Waals surface area contributed by atoms with Crippen LogP contribution in [-0.2, 0) is 13.0 Å². The summed E-state index contributed by atoms with van der Waals surface area (Å²) in [7, 11) is 0. The zero-order valence-corrected chi connectivity index (χ0v) is 19.4. The molecule has 0 unspecified atom stereocenters. The molecule has 0 spiro atoms. The molecule has 8 heteroatoms. The van der Waals surface area contributed by atoms with Crippen molar-refractivity contribution in [3.05, 3.63) is 94.2 Å². The van der Waals surface area contributed by atoms with E-state index < -0.39 is 0 Å². The van der Waals surface area contributed by atoms with Gasteiger partial charge in [0.1, 0.15) is 11.6 Å². The highest BCUT2D eigenvalue weighted by atomic mass is 35.5. The van der Waals surface area contributed by atoms with Gasteiger partial charge in [-0.2, -0.15) is 0 Å². The summed E-state index contributed by atoms with van der Waals surface area (Å²) in [5.74, 6) is 1.40. The van der Waals surface area contributed by atoms with Crippen LogP contribution in [0.15, 0.2) is 78.0 Å². The Kier molecular flexibility index (Phi) is 7.68. The first kappa shape index (κ1) is 22.6. The Hall–Kier alpha value is -2.54. The van der Waals surface area contributed by atoms with Crippen LogP contribution >= 0.6 is 35.0 Å². The van der Waals surface area contributed by atoms with Crippen molar-refractivity contribution >= 4 is 35.0 Å². The van der Waals surface area contributed by atoms with Gasteiger partial charge >= 0.3 is 0 Å². The lowest BCUT2D eigenvalue weighted by Gasteiger charge is -2.11. The molecule has 3 aromatic carbocycles. The van der Waals surface area contributed by atoms with Gasteiger partial charge in [0.15, 0.2) is 11.0 Å². The van der Waals surface area contributed by atoms with Crippen molar-refractivity contribution in [2.75, 3.05) is 12.4 Å². The van der Waals surface area contributed by atoms with E-state index in [1.807, 2.05) is 22.8 Å². The Morgan fingerprint density at radius 3 is 2.50 bits per heavy atom. The monoisotopic (exact) mass is 487 g/mol. The van der Waals surface area contributed by atoms with Crippen LogP contribution in [0.25, 0.3) is 11.4 Å². The maximum atomic E-state index is 14.5. The second kappa shape index (κ2) is 10.9. The number of aromatic nitrogens is 3. The summed E-state index contributed by atoms with van der Waals surface area (Å²) in [5, 5.41) is 10.4. The first-order chi connectivity index (χ1) is 15.6. The number of benzene rings is 3.